The molecule has 3 rings (SSSR count). The van der Waals surface area contributed by atoms with Crippen molar-refractivity contribution in [3.63, 3.8) is 0 Å². The van der Waals surface area contributed by atoms with Gasteiger partial charge in [-0.2, -0.15) is 0 Å². The highest BCUT2D eigenvalue weighted by Crippen LogP contribution is 2.44. The van der Waals surface area contributed by atoms with Crippen LogP contribution in [0.15, 0.2) is 40.7 Å². The first-order valence-corrected chi connectivity index (χ1v) is 9.11. The molecule has 8 heteroatoms. The molecule has 2 aliphatic rings. The van der Waals surface area contributed by atoms with Crippen LogP contribution in [0.2, 0.25) is 0 Å². The SMILES string of the molecule is CC1=C(C(=O)OC(C)C)C(c2ccc([O-])c([N+](=O)[O-])c2)C2=C(CCCC2=O)N1. The fourth-order valence-electron chi connectivity index (χ4n) is 3.72. The Bertz CT molecular complexity index is 929. The molecule has 1 aromatic carbocycles. The Balaban J connectivity index is 2.20. The second kappa shape index (κ2) is 7.46. The smallest absolute Gasteiger partial charge is 0.337 e. The number of esters is 1. The summed E-state index contributed by atoms with van der Waals surface area (Å²) in [5.74, 6) is -2.24. The highest BCUT2D eigenvalue weighted by atomic mass is 16.6. The van der Waals surface area contributed by atoms with Gasteiger partial charge in [0.15, 0.2) is 5.78 Å². The Morgan fingerprint density at radius 2 is 2.04 bits per heavy atom. The lowest BCUT2D eigenvalue weighted by Gasteiger charge is -2.34. The van der Waals surface area contributed by atoms with E-state index >= 15 is 0 Å². The first-order chi connectivity index (χ1) is 13.2. The normalized spacial score (nSPS) is 19.4. The van der Waals surface area contributed by atoms with Crippen LogP contribution >= 0.6 is 0 Å². The largest absolute Gasteiger partial charge is 0.868 e. The number of nitrogens with zero attached hydrogens (tertiary/aromatic N) is 1. The van der Waals surface area contributed by atoms with Crippen LogP contribution in [0.25, 0.3) is 0 Å². The average molecular weight is 385 g/mol. The van der Waals surface area contributed by atoms with Gasteiger partial charge in [-0.15, -0.1) is 0 Å². The van der Waals surface area contributed by atoms with Crippen LogP contribution in [0.5, 0.6) is 5.75 Å². The van der Waals surface area contributed by atoms with Crippen molar-refractivity contribution in [2.75, 3.05) is 0 Å². The fraction of sp³-hybridized carbons (Fsp3) is 0.400. The van der Waals surface area contributed by atoms with E-state index in [9.17, 15) is 24.8 Å². The van der Waals surface area contributed by atoms with Crippen LogP contribution in [0.3, 0.4) is 0 Å². The summed E-state index contributed by atoms with van der Waals surface area (Å²) < 4.78 is 5.36. The number of benzene rings is 1. The number of hydrogen-bond donors (Lipinski definition) is 1. The maximum atomic E-state index is 12.8. The van der Waals surface area contributed by atoms with Gasteiger partial charge in [0.1, 0.15) is 0 Å². The maximum Gasteiger partial charge on any atom is 0.337 e. The Morgan fingerprint density at radius 3 is 2.68 bits per heavy atom. The number of hydrogen-bond acceptors (Lipinski definition) is 7. The van der Waals surface area contributed by atoms with E-state index in [4.69, 9.17) is 4.74 Å². The molecule has 0 saturated carbocycles. The molecule has 0 spiro atoms. The third-order valence-corrected chi connectivity index (χ3v) is 4.85. The number of ether oxygens (including phenoxy) is 1. The number of allylic oxidation sites excluding steroid dienone is 3. The Labute approximate surface area is 162 Å². The number of Topliss-reactive ketones (excluding diaryl/α,β-unsaturated/α-hetero) is 1. The van der Waals surface area contributed by atoms with E-state index in [0.717, 1.165) is 12.1 Å². The zero-order chi connectivity index (χ0) is 20.6. The van der Waals surface area contributed by atoms with Gasteiger partial charge in [0.25, 0.3) is 5.69 Å². The predicted octanol–water partition coefficient (Wildman–Crippen LogP) is 2.59. The third kappa shape index (κ3) is 3.49. The summed E-state index contributed by atoms with van der Waals surface area (Å²) >= 11 is 0. The molecule has 0 fully saturated rings. The Kier molecular flexibility index (Phi) is 5.22. The molecule has 148 valence electrons. The number of nitro benzene ring substituents is 1. The summed E-state index contributed by atoms with van der Waals surface area (Å²) in [5, 5.41) is 26.2. The third-order valence-electron chi connectivity index (χ3n) is 4.85. The lowest BCUT2D eigenvalue weighted by Crippen LogP contribution is -2.35. The van der Waals surface area contributed by atoms with Crippen LogP contribution in [0.1, 0.15) is 51.5 Å². The molecule has 8 nitrogen and oxygen atoms in total. The van der Waals surface area contributed by atoms with E-state index < -0.39 is 28.2 Å². The predicted molar refractivity (Wildman–Crippen MR) is 98.2 cm³/mol. The number of carbonyl (C=O) groups excluding carboxylic acids is 2. The van der Waals surface area contributed by atoms with Gasteiger partial charge in [-0.1, -0.05) is 12.1 Å². The van der Waals surface area contributed by atoms with E-state index in [-0.39, 0.29) is 17.5 Å². The lowest BCUT2D eigenvalue weighted by atomic mass is 9.75. The van der Waals surface area contributed by atoms with Crippen molar-refractivity contribution in [2.24, 2.45) is 0 Å². The molecule has 0 radical (unpaired) electrons. The molecule has 1 aromatic rings. The van der Waals surface area contributed by atoms with Gasteiger partial charge in [0.05, 0.1) is 16.6 Å². The molecule has 1 aliphatic carbocycles. The molecule has 0 saturated heterocycles. The monoisotopic (exact) mass is 385 g/mol. The molecular weight excluding hydrogens is 364 g/mol. The summed E-state index contributed by atoms with van der Waals surface area (Å²) in [6, 6.07) is 3.69. The van der Waals surface area contributed by atoms with E-state index in [1.54, 1.807) is 20.8 Å². The van der Waals surface area contributed by atoms with Gasteiger partial charge in [0, 0.05) is 35.4 Å². The highest BCUT2D eigenvalue weighted by molar-refractivity contribution is 6.03. The van der Waals surface area contributed by atoms with Crippen molar-refractivity contribution in [3.8, 4) is 5.75 Å². The number of dihydropyridines is 1. The average Bonchev–Trinajstić information content (AvgIpc) is 2.60. The van der Waals surface area contributed by atoms with Crippen LogP contribution in [-0.4, -0.2) is 22.8 Å². The van der Waals surface area contributed by atoms with E-state index in [1.165, 1.54) is 6.07 Å². The van der Waals surface area contributed by atoms with Crippen molar-refractivity contribution in [1.82, 2.24) is 5.32 Å². The summed E-state index contributed by atoms with van der Waals surface area (Å²) in [7, 11) is 0. The van der Waals surface area contributed by atoms with Crippen LogP contribution in [0, 0.1) is 10.1 Å². The zero-order valence-corrected chi connectivity index (χ0v) is 15.9. The van der Waals surface area contributed by atoms with E-state index in [1.807, 2.05) is 0 Å². The van der Waals surface area contributed by atoms with Crippen molar-refractivity contribution < 1.29 is 24.4 Å². The van der Waals surface area contributed by atoms with E-state index in [0.29, 0.717) is 41.8 Å². The maximum absolute atomic E-state index is 12.8. The van der Waals surface area contributed by atoms with Crippen molar-refractivity contribution in [1.29, 1.82) is 0 Å². The second-order valence-corrected chi connectivity index (χ2v) is 7.20. The molecule has 0 amide bonds. The van der Waals surface area contributed by atoms with Crippen molar-refractivity contribution >= 4 is 17.4 Å². The number of rotatable bonds is 4. The van der Waals surface area contributed by atoms with Gasteiger partial charge < -0.3 is 15.2 Å². The molecule has 0 aromatic heterocycles. The van der Waals surface area contributed by atoms with Gasteiger partial charge in [-0.3, -0.25) is 14.9 Å². The lowest BCUT2D eigenvalue weighted by molar-refractivity contribution is -0.398. The van der Waals surface area contributed by atoms with Crippen LogP contribution in [0.4, 0.5) is 5.69 Å². The number of carbonyl (C=O) groups is 2. The Morgan fingerprint density at radius 1 is 1.32 bits per heavy atom. The molecule has 1 unspecified atom stereocenters. The van der Waals surface area contributed by atoms with Gasteiger partial charge >= 0.3 is 5.97 Å². The summed E-state index contributed by atoms with van der Waals surface area (Å²) in [6.07, 6.45) is 1.30. The zero-order valence-electron chi connectivity index (χ0n) is 15.9. The molecular formula is C20H21N2O6-. The Hall–Kier alpha value is -3.16. The molecule has 1 aliphatic heterocycles. The minimum atomic E-state index is -0.811. The second-order valence-electron chi connectivity index (χ2n) is 7.20. The molecule has 1 N–H and O–H groups in total. The molecule has 1 atom stereocenters. The fourth-order valence-corrected chi connectivity index (χ4v) is 3.72. The van der Waals surface area contributed by atoms with Crippen molar-refractivity contribution in [3.05, 3.63) is 56.4 Å². The summed E-state index contributed by atoms with van der Waals surface area (Å²) in [5.41, 5.74) is 1.67. The first-order valence-electron chi connectivity index (χ1n) is 9.11. The van der Waals surface area contributed by atoms with Crippen LogP contribution < -0.4 is 10.4 Å². The minimum absolute atomic E-state index is 0.116. The van der Waals surface area contributed by atoms with Gasteiger partial charge in [-0.25, -0.2) is 4.79 Å². The molecule has 28 heavy (non-hydrogen) atoms. The number of ketones is 1. The standard InChI is InChI=1S/C20H22N2O6/c1-10(2)28-20(25)17-11(3)21-13-5-4-6-16(24)19(13)18(17)12-7-8-15(23)14(9-12)22(26)27/h7-10,18,21,23H,4-6H2,1-3H3/p-1. The van der Waals surface area contributed by atoms with Gasteiger partial charge in [0.2, 0.25) is 0 Å². The summed E-state index contributed by atoms with van der Waals surface area (Å²) in [6.45, 7) is 5.14. The quantitative estimate of drug-likeness (QED) is 0.480. The molecule has 1 heterocycles. The molecule has 0 bridgehead atoms. The topological polar surface area (TPSA) is 122 Å². The number of nitrogens with one attached hydrogen (secondary N) is 1. The minimum Gasteiger partial charge on any atom is -0.868 e. The first kappa shape index (κ1) is 19.6. The number of nitro groups is 1. The van der Waals surface area contributed by atoms with Gasteiger partial charge in [-0.05, 0) is 44.9 Å². The summed E-state index contributed by atoms with van der Waals surface area (Å²) in [4.78, 5) is 36.0. The van der Waals surface area contributed by atoms with E-state index in [2.05, 4.69) is 5.32 Å². The van der Waals surface area contributed by atoms with Crippen LogP contribution in [-0.2, 0) is 14.3 Å². The highest BCUT2D eigenvalue weighted by Gasteiger charge is 2.39. The van der Waals surface area contributed by atoms with Crippen molar-refractivity contribution in [2.45, 2.75) is 52.1 Å².